The largest absolute Gasteiger partial charge is 0.309 e. The second kappa shape index (κ2) is 7.75. The molecule has 0 saturated heterocycles. The summed E-state index contributed by atoms with van der Waals surface area (Å²) in [6.07, 6.45) is 1.70. The van der Waals surface area contributed by atoms with Gasteiger partial charge >= 0.3 is 0 Å². The maximum Gasteiger partial charge on any atom is 0.259 e. The lowest BCUT2D eigenvalue weighted by Crippen LogP contribution is -2.30. The Kier molecular flexibility index (Phi) is 5.15. The Hall–Kier alpha value is -3.06. The van der Waals surface area contributed by atoms with Gasteiger partial charge in [0.05, 0.1) is 27.7 Å². The topological polar surface area (TPSA) is 51.0 Å². The SMILES string of the molecule is CCN(C(=O)c1cc(-c2cccs2)nc2c1cnn2C(C)C)c1ccc(F)cc1. The van der Waals surface area contributed by atoms with E-state index in [0.29, 0.717) is 28.8 Å². The molecule has 0 spiro atoms. The van der Waals surface area contributed by atoms with Crippen LogP contribution in [0.15, 0.2) is 54.0 Å². The van der Waals surface area contributed by atoms with Crippen molar-refractivity contribution in [2.75, 3.05) is 11.4 Å². The van der Waals surface area contributed by atoms with E-state index in [4.69, 9.17) is 4.98 Å². The molecular formula is C22H21FN4OS. The Morgan fingerprint density at radius 1 is 1.24 bits per heavy atom. The van der Waals surface area contributed by atoms with Crippen molar-refractivity contribution in [1.29, 1.82) is 0 Å². The number of benzene rings is 1. The first-order valence-electron chi connectivity index (χ1n) is 9.49. The number of halogens is 1. The van der Waals surface area contributed by atoms with Gasteiger partial charge in [0.15, 0.2) is 5.65 Å². The predicted octanol–water partition coefficient (Wildman–Crippen LogP) is 5.55. The van der Waals surface area contributed by atoms with E-state index in [1.807, 2.05) is 49.0 Å². The molecule has 0 radical (unpaired) electrons. The zero-order valence-electron chi connectivity index (χ0n) is 16.5. The highest BCUT2D eigenvalue weighted by Gasteiger charge is 2.23. The number of fused-ring (bicyclic) bond motifs is 1. The fraction of sp³-hybridized carbons (Fsp3) is 0.227. The molecule has 0 atom stereocenters. The summed E-state index contributed by atoms with van der Waals surface area (Å²) in [5, 5.41) is 7.17. The van der Waals surface area contributed by atoms with Gasteiger partial charge in [-0.3, -0.25) is 4.79 Å². The van der Waals surface area contributed by atoms with E-state index in [-0.39, 0.29) is 17.8 Å². The van der Waals surface area contributed by atoms with Crippen LogP contribution in [0.25, 0.3) is 21.6 Å². The number of nitrogens with zero attached hydrogens (tertiary/aromatic N) is 4. The highest BCUT2D eigenvalue weighted by Crippen LogP contribution is 2.30. The molecule has 0 bridgehead atoms. The Morgan fingerprint density at radius 2 is 2.00 bits per heavy atom. The predicted molar refractivity (Wildman–Crippen MR) is 115 cm³/mol. The highest BCUT2D eigenvalue weighted by atomic mass is 32.1. The summed E-state index contributed by atoms with van der Waals surface area (Å²) in [6, 6.07) is 11.9. The van der Waals surface area contributed by atoms with E-state index >= 15 is 0 Å². The number of hydrogen-bond donors (Lipinski definition) is 0. The Balaban J connectivity index is 1.89. The molecule has 0 saturated carbocycles. The van der Waals surface area contributed by atoms with Crippen LogP contribution in [-0.4, -0.2) is 27.2 Å². The van der Waals surface area contributed by atoms with E-state index in [9.17, 15) is 9.18 Å². The van der Waals surface area contributed by atoms with Crippen LogP contribution in [-0.2, 0) is 0 Å². The first-order valence-corrected chi connectivity index (χ1v) is 10.4. The minimum absolute atomic E-state index is 0.112. The summed E-state index contributed by atoms with van der Waals surface area (Å²) in [6.45, 7) is 6.42. The molecule has 5 nitrogen and oxygen atoms in total. The van der Waals surface area contributed by atoms with E-state index < -0.39 is 0 Å². The third-order valence-electron chi connectivity index (χ3n) is 4.76. The van der Waals surface area contributed by atoms with Crippen LogP contribution in [0.3, 0.4) is 0 Å². The van der Waals surface area contributed by atoms with Gasteiger partial charge in [-0.05, 0) is 62.5 Å². The second-order valence-electron chi connectivity index (χ2n) is 6.98. The number of carbonyl (C=O) groups is 1. The van der Waals surface area contributed by atoms with E-state index in [1.54, 1.807) is 34.6 Å². The molecule has 0 aliphatic heterocycles. The van der Waals surface area contributed by atoms with Crippen LogP contribution in [0.5, 0.6) is 0 Å². The van der Waals surface area contributed by atoms with Crippen LogP contribution in [0.1, 0.15) is 37.2 Å². The highest BCUT2D eigenvalue weighted by molar-refractivity contribution is 7.13. The van der Waals surface area contributed by atoms with Crippen molar-refractivity contribution < 1.29 is 9.18 Å². The molecule has 0 N–H and O–H groups in total. The molecule has 4 rings (SSSR count). The average molecular weight is 409 g/mol. The van der Waals surface area contributed by atoms with Crippen LogP contribution >= 0.6 is 11.3 Å². The van der Waals surface area contributed by atoms with Crippen LogP contribution in [0, 0.1) is 5.82 Å². The molecule has 0 aliphatic rings. The number of pyridine rings is 1. The summed E-state index contributed by atoms with van der Waals surface area (Å²) < 4.78 is 15.2. The first kappa shape index (κ1) is 19.3. The van der Waals surface area contributed by atoms with Crippen molar-refractivity contribution in [2.45, 2.75) is 26.8 Å². The fourth-order valence-corrected chi connectivity index (χ4v) is 4.02. The van der Waals surface area contributed by atoms with Crippen molar-refractivity contribution in [1.82, 2.24) is 14.8 Å². The van der Waals surface area contributed by atoms with Gasteiger partial charge < -0.3 is 4.90 Å². The van der Waals surface area contributed by atoms with Gasteiger partial charge in [-0.15, -0.1) is 11.3 Å². The number of aromatic nitrogens is 3. The third kappa shape index (κ3) is 3.53. The summed E-state index contributed by atoms with van der Waals surface area (Å²) in [7, 11) is 0. The normalized spacial score (nSPS) is 11.3. The minimum Gasteiger partial charge on any atom is -0.309 e. The van der Waals surface area contributed by atoms with E-state index in [0.717, 1.165) is 10.6 Å². The molecule has 1 amide bonds. The number of amides is 1. The first-order chi connectivity index (χ1) is 14.0. The lowest BCUT2D eigenvalue weighted by atomic mass is 10.1. The van der Waals surface area contributed by atoms with Crippen LogP contribution < -0.4 is 4.90 Å². The lowest BCUT2D eigenvalue weighted by molar-refractivity contribution is 0.0990. The Morgan fingerprint density at radius 3 is 2.62 bits per heavy atom. The Bertz CT molecular complexity index is 1150. The molecule has 4 aromatic rings. The summed E-state index contributed by atoms with van der Waals surface area (Å²) in [4.78, 5) is 21.0. The molecular weight excluding hydrogens is 387 g/mol. The number of rotatable bonds is 5. The number of carbonyl (C=O) groups excluding carboxylic acids is 1. The molecule has 29 heavy (non-hydrogen) atoms. The third-order valence-corrected chi connectivity index (χ3v) is 5.65. The molecule has 7 heteroatoms. The number of hydrogen-bond acceptors (Lipinski definition) is 4. The summed E-state index contributed by atoms with van der Waals surface area (Å²) in [5.41, 5.74) is 2.62. The van der Waals surface area contributed by atoms with E-state index in [1.165, 1.54) is 12.1 Å². The summed E-state index contributed by atoms with van der Waals surface area (Å²) >= 11 is 1.58. The zero-order chi connectivity index (χ0) is 20.5. The Labute approximate surface area is 172 Å². The molecule has 3 heterocycles. The monoisotopic (exact) mass is 408 g/mol. The summed E-state index contributed by atoms with van der Waals surface area (Å²) in [5.74, 6) is -0.491. The van der Waals surface area contributed by atoms with Gasteiger partial charge in [-0.2, -0.15) is 5.10 Å². The lowest BCUT2D eigenvalue weighted by Gasteiger charge is -2.22. The zero-order valence-corrected chi connectivity index (χ0v) is 17.3. The molecule has 1 aromatic carbocycles. The standard InChI is InChI=1S/C22H21FN4OS/c1-4-26(16-9-7-15(23)8-10-16)22(28)17-12-19(20-6-5-11-29-20)25-21-18(17)13-24-27(21)14(2)3/h5-14H,4H2,1-3H3. The van der Waals surface area contributed by atoms with Gasteiger partial charge in [0, 0.05) is 18.3 Å². The van der Waals surface area contributed by atoms with Gasteiger partial charge in [0.2, 0.25) is 0 Å². The maximum atomic E-state index is 13.5. The van der Waals surface area contributed by atoms with Gasteiger partial charge in [-0.25, -0.2) is 14.1 Å². The second-order valence-corrected chi connectivity index (χ2v) is 7.93. The average Bonchev–Trinajstić information content (AvgIpc) is 3.39. The molecule has 148 valence electrons. The smallest absolute Gasteiger partial charge is 0.259 e. The van der Waals surface area contributed by atoms with E-state index in [2.05, 4.69) is 5.10 Å². The van der Waals surface area contributed by atoms with Crippen molar-refractivity contribution in [3.05, 3.63) is 65.4 Å². The van der Waals surface area contributed by atoms with Gasteiger partial charge in [0.25, 0.3) is 5.91 Å². The molecule has 0 aliphatic carbocycles. The minimum atomic E-state index is -0.332. The van der Waals surface area contributed by atoms with Crippen LogP contribution in [0.4, 0.5) is 10.1 Å². The molecule has 0 unspecified atom stereocenters. The maximum absolute atomic E-state index is 13.5. The number of anilines is 1. The van der Waals surface area contributed by atoms with Crippen molar-refractivity contribution in [2.24, 2.45) is 0 Å². The quantitative estimate of drug-likeness (QED) is 0.435. The van der Waals surface area contributed by atoms with Crippen LogP contribution in [0.2, 0.25) is 0 Å². The fourth-order valence-electron chi connectivity index (χ4n) is 3.33. The molecule has 3 aromatic heterocycles. The van der Waals surface area contributed by atoms with Crippen molar-refractivity contribution in [3.8, 4) is 10.6 Å². The molecule has 0 fully saturated rings. The van der Waals surface area contributed by atoms with Gasteiger partial charge in [0.1, 0.15) is 5.82 Å². The van der Waals surface area contributed by atoms with Crippen molar-refractivity contribution in [3.63, 3.8) is 0 Å². The van der Waals surface area contributed by atoms with Gasteiger partial charge in [-0.1, -0.05) is 6.07 Å². The van der Waals surface area contributed by atoms with Crippen molar-refractivity contribution >= 4 is 34.0 Å². The number of thiophene rings is 1.